The highest BCUT2D eigenvalue weighted by atomic mass is 16.5. The summed E-state index contributed by atoms with van der Waals surface area (Å²) in [4.78, 5) is 23.2. The Bertz CT molecular complexity index is 894. The van der Waals surface area contributed by atoms with Crippen LogP contribution in [0, 0.1) is 0 Å². The third kappa shape index (κ3) is 2.58. The van der Waals surface area contributed by atoms with E-state index in [0.717, 1.165) is 5.52 Å². The Morgan fingerprint density at radius 3 is 2.92 bits per heavy atom. The molecule has 1 aliphatic heterocycles. The Morgan fingerprint density at radius 2 is 2.12 bits per heavy atom. The molecule has 122 valence electrons. The van der Waals surface area contributed by atoms with Crippen molar-refractivity contribution in [3.8, 4) is 0 Å². The number of rotatable bonds is 2. The maximum Gasteiger partial charge on any atom is 0.274 e. The molecule has 1 atom stereocenters. The second-order valence-electron chi connectivity index (χ2n) is 5.52. The number of aromatic nitrogens is 6. The van der Waals surface area contributed by atoms with Gasteiger partial charge in [-0.15, -0.1) is 5.10 Å². The molecule has 1 unspecified atom stereocenters. The van der Waals surface area contributed by atoms with E-state index in [2.05, 4.69) is 25.5 Å². The number of benzene rings is 1. The molecule has 0 aliphatic carbocycles. The molecule has 0 radical (unpaired) electrons. The normalized spacial score (nSPS) is 18.0. The van der Waals surface area contributed by atoms with Gasteiger partial charge in [0.05, 0.1) is 30.4 Å². The third-order valence-electron chi connectivity index (χ3n) is 3.96. The largest absolute Gasteiger partial charge is 0.366 e. The van der Waals surface area contributed by atoms with E-state index in [9.17, 15) is 4.79 Å². The van der Waals surface area contributed by atoms with Gasteiger partial charge in [0.2, 0.25) is 0 Å². The number of morpholine rings is 1. The van der Waals surface area contributed by atoms with Crippen LogP contribution in [0.4, 0.5) is 0 Å². The molecule has 1 saturated heterocycles. The molecule has 0 bridgehead atoms. The van der Waals surface area contributed by atoms with Crippen LogP contribution in [0.5, 0.6) is 0 Å². The minimum atomic E-state index is -0.351. The first-order chi connectivity index (χ1) is 11.7. The Labute approximate surface area is 137 Å². The van der Waals surface area contributed by atoms with E-state index >= 15 is 0 Å². The minimum Gasteiger partial charge on any atom is -0.366 e. The van der Waals surface area contributed by atoms with Gasteiger partial charge in [0.1, 0.15) is 11.8 Å². The molecule has 0 spiro atoms. The summed E-state index contributed by atoms with van der Waals surface area (Å²) in [7, 11) is 1.74. The highest BCUT2D eigenvalue weighted by molar-refractivity contribution is 5.93. The number of hydrogen-bond acceptors (Lipinski definition) is 7. The molecule has 2 aromatic heterocycles. The summed E-state index contributed by atoms with van der Waals surface area (Å²) in [6.07, 6.45) is 1.16. The fourth-order valence-electron chi connectivity index (χ4n) is 2.72. The second-order valence-corrected chi connectivity index (χ2v) is 5.52. The number of amides is 1. The number of carbonyl (C=O) groups is 1. The van der Waals surface area contributed by atoms with E-state index in [1.165, 1.54) is 6.20 Å². The van der Waals surface area contributed by atoms with Crippen molar-refractivity contribution in [3.05, 3.63) is 42.0 Å². The van der Waals surface area contributed by atoms with Gasteiger partial charge < -0.3 is 9.64 Å². The van der Waals surface area contributed by atoms with Crippen molar-refractivity contribution >= 4 is 16.9 Å². The van der Waals surface area contributed by atoms with Crippen LogP contribution < -0.4 is 0 Å². The predicted molar refractivity (Wildman–Crippen MR) is 82.9 cm³/mol. The van der Waals surface area contributed by atoms with Crippen molar-refractivity contribution in [2.45, 2.75) is 6.10 Å². The zero-order valence-corrected chi connectivity index (χ0v) is 13.0. The summed E-state index contributed by atoms with van der Waals surface area (Å²) in [5, 5.41) is 11.4. The summed E-state index contributed by atoms with van der Waals surface area (Å²) < 4.78 is 7.25. The molecule has 3 heterocycles. The highest BCUT2D eigenvalue weighted by Crippen LogP contribution is 2.20. The zero-order chi connectivity index (χ0) is 16.5. The van der Waals surface area contributed by atoms with Crippen LogP contribution in [0.1, 0.15) is 22.4 Å². The fourth-order valence-corrected chi connectivity index (χ4v) is 2.72. The summed E-state index contributed by atoms with van der Waals surface area (Å²) in [5.41, 5.74) is 1.79. The average molecular weight is 325 g/mol. The number of fused-ring (bicyclic) bond motifs is 1. The molecule has 1 aliphatic rings. The van der Waals surface area contributed by atoms with Crippen LogP contribution in [0.3, 0.4) is 0 Å². The van der Waals surface area contributed by atoms with Gasteiger partial charge in [-0.05, 0) is 22.6 Å². The minimum absolute atomic E-state index is 0.170. The van der Waals surface area contributed by atoms with Crippen LogP contribution in [0.2, 0.25) is 0 Å². The Balaban J connectivity index is 1.57. The van der Waals surface area contributed by atoms with Gasteiger partial charge in [0, 0.05) is 13.6 Å². The molecule has 1 aromatic carbocycles. The fraction of sp³-hybridized carbons (Fsp3) is 0.333. The first-order valence-corrected chi connectivity index (χ1v) is 7.57. The van der Waals surface area contributed by atoms with Crippen molar-refractivity contribution in [2.24, 2.45) is 7.05 Å². The van der Waals surface area contributed by atoms with Crippen LogP contribution in [-0.2, 0) is 11.8 Å². The average Bonchev–Trinajstić information content (AvgIpc) is 3.07. The summed E-state index contributed by atoms with van der Waals surface area (Å²) in [6, 6.07) is 7.46. The van der Waals surface area contributed by atoms with Crippen LogP contribution in [-0.4, -0.2) is 60.7 Å². The van der Waals surface area contributed by atoms with E-state index in [0.29, 0.717) is 36.7 Å². The summed E-state index contributed by atoms with van der Waals surface area (Å²) >= 11 is 0. The van der Waals surface area contributed by atoms with Gasteiger partial charge in [0.15, 0.2) is 5.82 Å². The van der Waals surface area contributed by atoms with Gasteiger partial charge >= 0.3 is 0 Å². The Kier molecular flexibility index (Phi) is 3.62. The molecule has 3 aromatic rings. The number of para-hydroxylation sites is 2. The number of aryl methyl sites for hydroxylation is 1. The van der Waals surface area contributed by atoms with Crippen molar-refractivity contribution in [2.75, 3.05) is 19.7 Å². The van der Waals surface area contributed by atoms with Crippen molar-refractivity contribution < 1.29 is 9.53 Å². The summed E-state index contributed by atoms with van der Waals surface area (Å²) in [5.74, 6) is 0.425. The molecule has 9 nitrogen and oxygen atoms in total. The van der Waals surface area contributed by atoms with Crippen molar-refractivity contribution in [1.29, 1.82) is 0 Å². The predicted octanol–water partition coefficient (Wildman–Crippen LogP) is 0.367. The Morgan fingerprint density at radius 1 is 1.29 bits per heavy atom. The molecule has 1 amide bonds. The van der Waals surface area contributed by atoms with E-state index in [-0.39, 0.29) is 12.0 Å². The lowest BCUT2D eigenvalue weighted by Crippen LogP contribution is -2.43. The maximum atomic E-state index is 12.8. The standard InChI is InChI=1S/C15H15N7O2/c1-21-14(18-19-20-21)13-9-22(6-7-24-13)15(23)12-8-16-10-4-2-3-5-11(10)17-12/h2-5,8,13H,6-7,9H2,1H3. The van der Waals surface area contributed by atoms with Gasteiger partial charge in [-0.2, -0.15) is 0 Å². The van der Waals surface area contributed by atoms with Gasteiger partial charge in [-0.25, -0.2) is 9.67 Å². The first-order valence-electron chi connectivity index (χ1n) is 7.57. The molecule has 9 heteroatoms. The molecule has 1 fully saturated rings. The van der Waals surface area contributed by atoms with E-state index in [4.69, 9.17) is 4.74 Å². The van der Waals surface area contributed by atoms with Gasteiger partial charge in [0.25, 0.3) is 5.91 Å². The van der Waals surface area contributed by atoms with Crippen molar-refractivity contribution in [3.63, 3.8) is 0 Å². The topological polar surface area (TPSA) is 98.9 Å². The lowest BCUT2D eigenvalue weighted by Gasteiger charge is -2.31. The van der Waals surface area contributed by atoms with E-state index < -0.39 is 0 Å². The van der Waals surface area contributed by atoms with Crippen molar-refractivity contribution in [1.82, 2.24) is 35.1 Å². The van der Waals surface area contributed by atoms with Crippen LogP contribution in [0.25, 0.3) is 11.0 Å². The number of hydrogen-bond donors (Lipinski definition) is 0. The molecule has 24 heavy (non-hydrogen) atoms. The molecule has 0 N–H and O–H groups in total. The van der Waals surface area contributed by atoms with E-state index in [1.54, 1.807) is 16.6 Å². The Hall–Kier alpha value is -2.94. The quantitative estimate of drug-likeness (QED) is 0.671. The highest BCUT2D eigenvalue weighted by Gasteiger charge is 2.29. The molecular formula is C15H15N7O2. The monoisotopic (exact) mass is 325 g/mol. The second kappa shape index (κ2) is 5.93. The smallest absolute Gasteiger partial charge is 0.274 e. The van der Waals surface area contributed by atoms with Gasteiger partial charge in [-0.1, -0.05) is 12.1 Å². The van der Waals surface area contributed by atoms with Crippen LogP contribution in [0.15, 0.2) is 30.5 Å². The number of carbonyl (C=O) groups excluding carboxylic acids is 1. The SMILES string of the molecule is Cn1nnnc1C1CN(C(=O)c2cnc3ccccc3n2)CCO1. The zero-order valence-electron chi connectivity index (χ0n) is 13.0. The number of tetrazole rings is 1. The molecular weight excluding hydrogens is 310 g/mol. The van der Waals surface area contributed by atoms with Crippen LogP contribution >= 0.6 is 0 Å². The number of nitrogens with zero attached hydrogens (tertiary/aromatic N) is 7. The lowest BCUT2D eigenvalue weighted by atomic mass is 10.2. The lowest BCUT2D eigenvalue weighted by molar-refractivity contribution is -0.0285. The maximum absolute atomic E-state index is 12.8. The number of ether oxygens (including phenoxy) is 1. The van der Waals surface area contributed by atoms with E-state index in [1.807, 2.05) is 24.3 Å². The van der Waals surface area contributed by atoms with Gasteiger partial charge in [-0.3, -0.25) is 9.78 Å². The molecule has 4 rings (SSSR count). The third-order valence-corrected chi connectivity index (χ3v) is 3.96. The molecule has 0 saturated carbocycles. The summed E-state index contributed by atoms with van der Waals surface area (Å²) in [6.45, 7) is 1.29. The first kappa shape index (κ1) is 14.6.